The van der Waals surface area contributed by atoms with E-state index in [9.17, 15) is 8.78 Å². The lowest BCUT2D eigenvalue weighted by atomic mass is 10.2. The number of benzene rings is 2. The van der Waals surface area contributed by atoms with Crippen LogP contribution in [0.4, 0.5) is 8.78 Å². The Labute approximate surface area is 133 Å². The van der Waals surface area contributed by atoms with Crippen molar-refractivity contribution in [1.82, 2.24) is 9.55 Å². The van der Waals surface area contributed by atoms with Crippen LogP contribution in [0.1, 0.15) is 18.1 Å². The van der Waals surface area contributed by atoms with E-state index in [1.807, 2.05) is 0 Å². The molecule has 0 radical (unpaired) electrons. The molecule has 21 heavy (non-hydrogen) atoms. The number of halogens is 4. The normalized spacial score (nSPS) is 12.8. The van der Waals surface area contributed by atoms with E-state index in [2.05, 4.69) is 20.9 Å². The van der Waals surface area contributed by atoms with Gasteiger partial charge in [0.2, 0.25) is 0 Å². The second kappa shape index (κ2) is 5.39. The highest BCUT2D eigenvalue weighted by Crippen LogP contribution is 2.30. The molecule has 2 nitrogen and oxygen atoms in total. The molecule has 0 saturated carbocycles. The summed E-state index contributed by atoms with van der Waals surface area (Å²) in [5.74, 6) is -0.361. The highest BCUT2D eigenvalue weighted by Gasteiger charge is 2.19. The third-order valence-corrected chi connectivity index (χ3v) is 4.02. The third kappa shape index (κ3) is 2.45. The van der Waals surface area contributed by atoms with Gasteiger partial charge in [-0.25, -0.2) is 13.8 Å². The van der Waals surface area contributed by atoms with Crippen LogP contribution in [-0.2, 0) is 0 Å². The van der Waals surface area contributed by atoms with Gasteiger partial charge in [-0.15, -0.1) is 11.6 Å². The van der Waals surface area contributed by atoms with Gasteiger partial charge >= 0.3 is 0 Å². The van der Waals surface area contributed by atoms with Crippen molar-refractivity contribution in [3.63, 3.8) is 0 Å². The molecule has 0 aliphatic rings. The number of imidazole rings is 1. The fourth-order valence-electron chi connectivity index (χ4n) is 2.25. The summed E-state index contributed by atoms with van der Waals surface area (Å²) in [5, 5.41) is -0.441. The number of nitrogens with zero attached hydrogens (tertiary/aromatic N) is 2. The van der Waals surface area contributed by atoms with E-state index in [1.165, 1.54) is 12.1 Å². The summed E-state index contributed by atoms with van der Waals surface area (Å²) in [6.45, 7) is 1.74. The van der Waals surface area contributed by atoms with Crippen molar-refractivity contribution in [2.45, 2.75) is 12.3 Å². The SMILES string of the molecule is CC(Cl)c1nc2c(F)cccc2n1-c1ccc(Br)c(F)c1. The predicted octanol–water partition coefficient (Wildman–Crippen LogP) is 5.37. The van der Waals surface area contributed by atoms with Crippen LogP contribution in [0.5, 0.6) is 0 Å². The first-order valence-corrected chi connectivity index (χ1v) is 7.48. The Morgan fingerprint density at radius 3 is 2.62 bits per heavy atom. The first kappa shape index (κ1) is 14.5. The van der Waals surface area contributed by atoms with Gasteiger partial charge in [-0.2, -0.15) is 0 Å². The van der Waals surface area contributed by atoms with Gasteiger partial charge in [0.05, 0.1) is 21.1 Å². The smallest absolute Gasteiger partial charge is 0.151 e. The van der Waals surface area contributed by atoms with Crippen LogP contribution in [0.3, 0.4) is 0 Å². The van der Waals surface area contributed by atoms with Gasteiger partial charge in [-0.05, 0) is 53.2 Å². The van der Waals surface area contributed by atoms with Gasteiger partial charge in [-0.1, -0.05) is 6.07 Å². The van der Waals surface area contributed by atoms with Crippen LogP contribution >= 0.6 is 27.5 Å². The predicted molar refractivity (Wildman–Crippen MR) is 83.0 cm³/mol. The van der Waals surface area contributed by atoms with Gasteiger partial charge in [0.1, 0.15) is 17.2 Å². The number of aromatic nitrogens is 2. The Morgan fingerprint density at radius 1 is 1.19 bits per heavy atom. The van der Waals surface area contributed by atoms with E-state index >= 15 is 0 Å². The minimum absolute atomic E-state index is 0.225. The van der Waals surface area contributed by atoms with Crippen LogP contribution in [0.15, 0.2) is 40.9 Å². The Balaban J connectivity index is 2.36. The van der Waals surface area contributed by atoms with Crippen LogP contribution in [0, 0.1) is 11.6 Å². The zero-order chi connectivity index (χ0) is 15.1. The van der Waals surface area contributed by atoms with E-state index in [-0.39, 0.29) is 5.52 Å². The molecule has 2 aromatic carbocycles. The molecular weight excluding hydrogens is 362 g/mol. The minimum atomic E-state index is -0.441. The molecule has 0 bridgehead atoms. The summed E-state index contributed by atoms with van der Waals surface area (Å²) in [7, 11) is 0. The van der Waals surface area contributed by atoms with Crippen LogP contribution in [0.2, 0.25) is 0 Å². The number of para-hydroxylation sites is 1. The van der Waals surface area contributed by atoms with Crippen molar-refractivity contribution in [1.29, 1.82) is 0 Å². The first-order valence-electron chi connectivity index (χ1n) is 6.25. The number of fused-ring (bicyclic) bond motifs is 1. The lowest BCUT2D eigenvalue weighted by Gasteiger charge is -2.11. The molecule has 0 fully saturated rings. The van der Waals surface area contributed by atoms with E-state index in [0.29, 0.717) is 21.5 Å². The van der Waals surface area contributed by atoms with E-state index < -0.39 is 17.0 Å². The number of hydrogen-bond acceptors (Lipinski definition) is 1. The Morgan fingerprint density at radius 2 is 1.95 bits per heavy atom. The lowest BCUT2D eigenvalue weighted by molar-refractivity contribution is 0.619. The summed E-state index contributed by atoms with van der Waals surface area (Å²) in [6.07, 6.45) is 0. The van der Waals surface area contributed by atoms with Gasteiger partial charge in [0.15, 0.2) is 5.82 Å². The topological polar surface area (TPSA) is 17.8 Å². The summed E-state index contributed by atoms with van der Waals surface area (Å²) in [6, 6.07) is 9.34. The molecule has 1 atom stereocenters. The summed E-state index contributed by atoms with van der Waals surface area (Å²) < 4.78 is 29.7. The van der Waals surface area contributed by atoms with E-state index in [0.717, 1.165) is 0 Å². The molecule has 6 heteroatoms. The Kier molecular flexibility index (Phi) is 3.71. The molecule has 0 aliphatic heterocycles. The first-order chi connectivity index (χ1) is 9.99. The Bertz CT molecular complexity index is 830. The fourth-order valence-corrected chi connectivity index (χ4v) is 2.64. The molecule has 1 aromatic heterocycles. The maximum absolute atomic E-state index is 13.9. The molecular formula is C15H10BrClF2N2. The van der Waals surface area contributed by atoms with Crippen molar-refractivity contribution in [2.24, 2.45) is 0 Å². The molecule has 0 saturated heterocycles. The highest BCUT2D eigenvalue weighted by atomic mass is 79.9. The summed E-state index contributed by atoms with van der Waals surface area (Å²) in [5.41, 5.74) is 1.33. The molecule has 0 amide bonds. The molecule has 3 aromatic rings. The maximum atomic E-state index is 13.9. The second-order valence-corrected chi connectivity index (χ2v) is 6.14. The standard InChI is InChI=1S/C15H10BrClF2N2/c1-8(17)15-20-14-11(18)3-2-4-13(14)21(15)9-5-6-10(16)12(19)7-9/h2-8H,1H3. The molecule has 108 valence electrons. The molecule has 0 N–H and O–H groups in total. The van der Waals surface area contributed by atoms with Crippen molar-refractivity contribution in [3.05, 3.63) is 58.3 Å². The van der Waals surface area contributed by atoms with Crippen molar-refractivity contribution >= 4 is 38.6 Å². The van der Waals surface area contributed by atoms with E-state index in [4.69, 9.17) is 11.6 Å². The van der Waals surface area contributed by atoms with Gasteiger partial charge in [0, 0.05) is 0 Å². The van der Waals surface area contributed by atoms with Gasteiger partial charge in [-0.3, -0.25) is 4.57 Å². The average Bonchev–Trinajstić information content (AvgIpc) is 2.83. The quantitative estimate of drug-likeness (QED) is 0.554. The largest absolute Gasteiger partial charge is 0.295 e. The van der Waals surface area contributed by atoms with Crippen LogP contribution < -0.4 is 0 Å². The van der Waals surface area contributed by atoms with Crippen LogP contribution in [0.25, 0.3) is 16.7 Å². The Hall–Kier alpha value is -1.46. The highest BCUT2D eigenvalue weighted by molar-refractivity contribution is 9.10. The van der Waals surface area contributed by atoms with E-state index in [1.54, 1.807) is 35.8 Å². The minimum Gasteiger partial charge on any atom is -0.295 e. The van der Waals surface area contributed by atoms with Crippen LogP contribution in [-0.4, -0.2) is 9.55 Å². The number of alkyl halides is 1. The molecule has 1 heterocycles. The zero-order valence-electron chi connectivity index (χ0n) is 10.9. The molecule has 3 rings (SSSR count). The number of hydrogen-bond donors (Lipinski definition) is 0. The average molecular weight is 372 g/mol. The van der Waals surface area contributed by atoms with Gasteiger partial charge in [0.25, 0.3) is 0 Å². The molecule has 0 aliphatic carbocycles. The second-order valence-electron chi connectivity index (χ2n) is 4.63. The third-order valence-electron chi connectivity index (χ3n) is 3.18. The monoisotopic (exact) mass is 370 g/mol. The molecule has 0 spiro atoms. The summed E-state index contributed by atoms with van der Waals surface area (Å²) in [4.78, 5) is 4.26. The number of rotatable bonds is 2. The van der Waals surface area contributed by atoms with Crippen molar-refractivity contribution < 1.29 is 8.78 Å². The van der Waals surface area contributed by atoms with Crippen molar-refractivity contribution in [3.8, 4) is 5.69 Å². The van der Waals surface area contributed by atoms with Gasteiger partial charge < -0.3 is 0 Å². The fraction of sp³-hybridized carbons (Fsp3) is 0.133. The summed E-state index contributed by atoms with van der Waals surface area (Å²) >= 11 is 9.26. The zero-order valence-corrected chi connectivity index (χ0v) is 13.3. The lowest BCUT2D eigenvalue weighted by Crippen LogP contribution is -2.02. The maximum Gasteiger partial charge on any atom is 0.151 e. The van der Waals surface area contributed by atoms with Crippen molar-refractivity contribution in [2.75, 3.05) is 0 Å². The molecule has 1 unspecified atom stereocenters.